The minimum absolute atomic E-state index is 0.0434. The van der Waals surface area contributed by atoms with Crippen LogP contribution < -0.4 is 15.8 Å². The van der Waals surface area contributed by atoms with E-state index in [-0.39, 0.29) is 12.6 Å². The summed E-state index contributed by atoms with van der Waals surface area (Å²) in [5.41, 5.74) is 7.38. The highest BCUT2D eigenvalue weighted by Crippen LogP contribution is 2.29. The molecule has 2 rings (SSSR count). The minimum Gasteiger partial charge on any atom is -0.488 e. The Hall–Kier alpha value is -1.59. The van der Waals surface area contributed by atoms with Gasteiger partial charge in [-0.25, -0.2) is 0 Å². The predicted molar refractivity (Wildman–Crippen MR) is 67.4 cm³/mol. The number of hydrogen-bond donors (Lipinski definition) is 3. The third kappa shape index (κ3) is 3.00. The zero-order valence-corrected chi connectivity index (χ0v) is 10.3. The van der Waals surface area contributed by atoms with Crippen LogP contribution in [0.2, 0.25) is 0 Å². The maximum Gasteiger partial charge on any atom is 0.247 e. The molecule has 1 aromatic rings. The number of hydrogen-bond acceptors (Lipinski definition) is 4. The van der Waals surface area contributed by atoms with E-state index in [1.54, 1.807) is 0 Å². The van der Waals surface area contributed by atoms with Crippen LogP contribution in [0, 0.1) is 6.92 Å². The zero-order valence-electron chi connectivity index (χ0n) is 10.3. The van der Waals surface area contributed by atoms with E-state index < -0.39 is 12.0 Å². The van der Waals surface area contributed by atoms with Gasteiger partial charge in [0, 0.05) is 19.5 Å². The van der Waals surface area contributed by atoms with Crippen molar-refractivity contribution in [2.75, 3.05) is 13.1 Å². The number of nitrogens with one attached hydrogen (secondary N) is 1. The maximum absolute atomic E-state index is 10.6. The quantitative estimate of drug-likeness (QED) is 0.672. The lowest BCUT2D eigenvalue weighted by Crippen LogP contribution is -2.40. The second kappa shape index (κ2) is 5.37. The van der Waals surface area contributed by atoms with Gasteiger partial charge in [0.1, 0.15) is 18.0 Å². The van der Waals surface area contributed by atoms with E-state index in [9.17, 15) is 9.90 Å². The number of benzene rings is 1. The van der Waals surface area contributed by atoms with Crippen molar-refractivity contribution in [1.82, 2.24) is 5.32 Å². The molecule has 2 atom stereocenters. The van der Waals surface area contributed by atoms with Crippen LogP contribution in [0.5, 0.6) is 5.75 Å². The highest BCUT2D eigenvalue weighted by molar-refractivity contribution is 5.78. The molecular formula is C13H18N2O3. The molecule has 0 fully saturated rings. The molecule has 4 N–H and O–H groups in total. The number of carbonyl (C=O) groups is 1. The van der Waals surface area contributed by atoms with E-state index in [2.05, 4.69) is 18.3 Å². The molecule has 0 aromatic heterocycles. The lowest BCUT2D eigenvalue weighted by molar-refractivity contribution is -0.125. The molecule has 5 nitrogen and oxygen atoms in total. The molecule has 1 aromatic carbocycles. The largest absolute Gasteiger partial charge is 0.488 e. The molecule has 1 amide bonds. The SMILES string of the molecule is Cc1ccc2c(c1)CC(CNCC(O)C(N)=O)O2. The van der Waals surface area contributed by atoms with Crippen LogP contribution in [0.4, 0.5) is 0 Å². The Bertz CT molecular complexity index is 448. The number of aliphatic hydroxyl groups is 1. The fraction of sp³-hybridized carbons (Fsp3) is 0.462. The van der Waals surface area contributed by atoms with Crippen LogP contribution in [0.25, 0.3) is 0 Å². The summed E-state index contributed by atoms with van der Waals surface area (Å²) < 4.78 is 5.74. The Morgan fingerprint density at radius 3 is 3.17 bits per heavy atom. The van der Waals surface area contributed by atoms with E-state index in [0.717, 1.165) is 12.2 Å². The maximum atomic E-state index is 10.6. The van der Waals surface area contributed by atoms with Gasteiger partial charge >= 0.3 is 0 Å². The number of fused-ring (bicyclic) bond motifs is 1. The molecule has 0 saturated heterocycles. The molecule has 5 heteroatoms. The second-order valence-corrected chi connectivity index (χ2v) is 4.63. The molecule has 0 saturated carbocycles. The van der Waals surface area contributed by atoms with Crippen molar-refractivity contribution in [1.29, 1.82) is 0 Å². The normalized spacial score (nSPS) is 19.1. The molecule has 1 aliphatic heterocycles. The molecule has 0 bridgehead atoms. The van der Waals surface area contributed by atoms with Gasteiger partial charge in [-0.3, -0.25) is 4.79 Å². The van der Waals surface area contributed by atoms with Crippen molar-refractivity contribution < 1.29 is 14.6 Å². The summed E-state index contributed by atoms with van der Waals surface area (Å²) in [5, 5.41) is 12.2. The van der Waals surface area contributed by atoms with Crippen molar-refractivity contribution in [2.45, 2.75) is 25.6 Å². The molecule has 0 spiro atoms. The Balaban J connectivity index is 1.80. The number of amides is 1. The van der Waals surface area contributed by atoms with Crippen molar-refractivity contribution in [3.8, 4) is 5.75 Å². The summed E-state index contributed by atoms with van der Waals surface area (Å²) >= 11 is 0. The van der Waals surface area contributed by atoms with Crippen molar-refractivity contribution in [3.05, 3.63) is 29.3 Å². The number of primary amides is 1. The van der Waals surface area contributed by atoms with Gasteiger partial charge in [0.25, 0.3) is 0 Å². The molecule has 1 heterocycles. The number of aliphatic hydroxyl groups excluding tert-OH is 1. The van der Waals surface area contributed by atoms with Gasteiger partial charge < -0.3 is 20.9 Å². The molecule has 2 unspecified atom stereocenters. The highest BCUT2D eigenvalue weighted by atomic mass is 16.5. The monoisotopic (exact) mass is 250 g/mol. The van der Waals surface area contributed by atoms with Crippen molar-refractivity contribution in [2.24, 2.45) is 5.73 Å². The average Bonchev–Trinajstić information content (AvgIpc) is 2.70. The number of rotatable bonds is 5. The average molecular weight is 250 g/mol. The summed E-state index contributed by atoms with van der Waals surface area (Å²) in [6, 6.07) is 6.11. The molecular weight excluding hydrogens is 232 g/mol. The molecule has 98 valence electrons. The Morgan fingerprint density at radius 1 is 1.67 bits per heavy atom. The lowest BCUT2D eigenvalue weighted by Gasteiger charge is -2.13. The van der Waals surface area contributed by atoms with Crippen LogP contribution in [0.1, 0.15) is 11.1 Å². The van der Waals surface area contributed by atoms with E-state index in [1.807, 2.05) is 12.1 Å². The van der Waals surface area contributed by atoms with Gasteiger partial charge in [0.05, 0.1) is 0 Å². The fourth-order valence-corrected chi connectivity index (χ4v) is 2.04. The smallest absolute Gasteiger partial charge is 0.247 e. The molecule has 18 heavy (non-hydrogen) atoms. The number of nitrogens with two attached hydrogens (primary N) is 1. The summed E-state index contributed by atoms with van der Waals surface area (Å²) in [5.74, 6) is 0.205. The number of ether oxygens (including phenoxy) is 1. The molecule has 0 radical (unpaired) electrons. The molecule has 0 aliphatic carbocycles. The minimum atomic E-state index is -1.14. The standard InChI is InChI=1S/C13H18N2O3/c1-8-2-3-12-9(4-8)5-10(18-12)6-15-7-11(16)13(14)17/h2-4,10-11,15-16H,5-7H2,1H3,(H2,14,17). The summed E-state index contributed by atoms with van der Waals surface area (Å²) in [7, 11) is 0. The Labute approximate surface area is 106 Å². The van der Waals surface area contributed by atoms with Crippen molar-refractivity contribution >= 4 is 5.91 Å². The second-order valence-electron chi connectivity index (χ2n) is 4.63. The number of aryl methyl sites for hydroxylation is 1. The number of carbonyl (C=O) groups excluding carboxylic acids is 1. The first-order valence-corrected chi connectivity index (χ1v) is 6.00. The van der Waals surface area contributed by atoms with Crippen molar-refractivity contribution in [3.63, 3.8) is 0 Å². The van der Waals surface area contributed by atoms with Crippen LogP contribution in [-0.2, 0) is 11.2 Å². The van der Waals surface area contributed by atoms with Gasteiger partial charge in [-0.1, -0.05) is 17.7 Å². The first-order chi connectivity index (χ1) is 8.56. The fourth-order valence-electron chi connectivity index (χ4n) is 2.04. The van der Waals surface area contributed by atoms with Gasteiger partial charge in [0.15, 0.2) is 0 Å². The Morgan fingerprint density at radius 2 is 2.44 bits per heavy atom. The van der Waals surface area contributed by atoms with Crippen LogP contribution in [0.15, 0.2) is 18.2 Å². The summed E-state index contributed by atoms with van der Waals surface area (Å²) in [6.45, 7) is 2.79. The van der Waals surface area contributed by atoms with Crippen LogP contribution >= 0.6 is 0 Å². The highest BCUT2D eigenvalue weighted by Gasteiger charge is 2.22. The third-order valence-electron chi connectivity index (χ3n) is 3.00. The first kappa shape index (κ1) is 12.9. The zero-order chi connectivity index (χ0) is 13.1. The van der Waals surface area contributed by atoms with Gasteiger partial charge in [0.2, 0.25) is 5.91 Å². The van der Waals surface area contributed by atoms with Gasteiger partial charge in [-0.2, -0.15) is 0 Å². The Kier molecular flexibility index (Phi) is 3.84. The van der Waals surface area contributed by atoms with E-state index in [4.69, 9.17) is 10.5 Å². The van der Waals surface area contributed by atoms with Crippen LogP contribution in [-0.4, -0.2) is 36.3 Å². The third-order valence-corrected chi connectivity index (χ3v) is 3.00. The van der Waals surface area contributed by atoms with Crippen LogP contribution in [0.3, 0.4) is 0 Å². The van der Waals surface area contributed by atoms with Gasteiger partial charge in [-0.05, 0) is 18.6 Å². The van der Waals surface area contributed by atoms with E-state index in [0.29, 0.717) is 6.54 Å². The summed E-state index contributed by atoms with van der Waals surface area (Å²) in [4.78, 5) is 10.6. The predicted octanol–water partition coefficient (Wildman–Crippen LogP) is -0.266. The topological polar surface area (TPSA) is 84.6 Å². The van der Waals surface area contributed by atoms with E-state index >= 15 is 0 Å². The lowest BCUT2D eigenvalue weighted by atomic mass is 10.1. The molecule has 1 aliphatic rings. The summed E-state index contributed by atoms with van der Waals surface area (Å²) in [6.07, 6.45) is -0.255. The van der Waals surface area contributed by atoms with Gasteiger partial charge in [-0.15, -0.1) is 0 Å². The first-order valence-electron chi connectivity index (χ1n) is 6.00. The van der Waals surface area contributed by atoms with E-state index in [1.165, 1.54) is 11.1 Å².